The van der Waals surface area contributed by atoms with Crippen molar-refractivity contribution in [3.8, 4) is 34.4 Å². The summed E-state index contributed by atoms with van der Waals surface area (Å²) >= 11 is 8.20. The van der Waals surface area contributed by atoms with Crippen LogP contribution in [0.5, 0.6) is 23.0 Å². The third-order valence-corrected chi connectivity index (χ3v) is 11.6. The molecule has 322 valence electrons. The van der Waals surface area contributed by atoms with E-state index < -0.39 is 22.5 Å². The van der Waals surface area contributed by atoms with Crippen LogP contribution in [0.1, 0.15) is 114 Å². The Morgan fingerprint density at radius 2 is 1.40 bits per heavy atom. The summed E-state index contributed by atoms with van der Waals surface area (Å²) < 4.78 is 49.4. The summed E-state index contributed by atoms with van der Waals surface area (Å²) in [7, 11) is 1.55. The zero-order valence-corrected chi connectivity index (χ0v) is 39.1. The fourth-order valence-electron chi connectivity index (χ4n) is 5.99. The number of ether oxygens (including phenoxy) is 1. The zero-order chi connectivity index (χ0) is 44.2. The van der Waals surface area contributed by atoms with E-state index >= 15 is 0 Å². The maximum Gasteiger partial charge on any atom is 0.316 e. The van der Waals surface area contributed by atoms with E-state index in [9.17, 15) is 13.5 Å². The van der Waals surface area contributed by atoms with Crippen molar-refractivity contribution < 1.29 is 26.6 Å². The molecule has 4 N–H and O–H groups in total. The molecule has 0 radical (unpaired) electrons. The van der Waals surface area contributed by atoms with E-state index in [2.05, 4.69) is 99.1 Å². The van der Waals surface area contributed by atoms with E-state index in [1.54, 1.807) is 23.9 Å². The van der Waals surface area contributed by atoms with Crippen molar-refractivity contribution in [2.45, 2.75) is 99.3 Å². The molecule has 6 rings (SSSR count). The second kappa shape index (κ2) is 19.3. The van der Waals surface area contributed by atoms with Crippen molar-refractivity contribution in [1.82, 2.24) is 19.8 Å². The SMILES string of the molecule is CC(C)c1cc(C(C)C)c(OS(=O)Nc2cc(Cl)c(O)c(Cl)c2)c(C(C)C)c1.COc1cc(-c2nc3cc(C(C)(C)C)[nH]n3n2)ccc1NS(=O)Oc1cc(C)ccc1C. The van der Waals surface area contributed by atoms with E-state index in [0.29, 0.717) is 40.4 Å². The number of rotatable bonds is 13. The number of aromatic amines is 1. The number of H-pyrrole nitrogens is 1. The maximum absolute atomic E-state index is 12.7. The predicted octanol–water partition coefficient (Wildman–Crippen LogP) is 11.9. The van der Waals surface area contributed by atoms with Gasteiger partial charge >= 0.3 is 22.5 Å². The number of nitrogens with one attached hydrogen (secondary N) is 3. The van der Waals surface area contributed by atoms with Crippen LogP contribution in [-0.4, -0.2) is 40.4 Å². The van der Waals surface area contributed by atoms with Gasteiger partial charge in [0.2, 0.25) is 0 Å². The molecular formula is C44H54Cl2N6O6S2. The summed E-state index contributed by atoms with van der Waals surface area (Å²) in [5.41, 5.74) is 8.70. The molecule has 0 aliphatic carbocycles. The van der Waals surface area contributed by atoms with Crippen LogP contribution >= 0.6 is 23.2 Å². The number of hydrogen-bond acceptors (Lipinski definition) is 8. The Labute approximate surface area is 367 Å². The minimum absolute atomic E-state index is 0.0201. The summed E-state index contributed by atoms with van der Waals surface area (Å²) in [6.07, 6.45) is 0. The molecule has 2 heterocycles. The van der Waals surface area contributed by atoms with Crippen LogP contribution < -0.4 is 22.5 Å². The largest absolute Gasteiger partial charge is 0.505 e. The first-order valence-electron chi connectivity index (χ1n) is 19.5. The highest BCUT2D eigenvalue weighted by atomic mass is 35.5. The average Bonchev–Trinajstić information content (AvgIpc) is 3.76. The van der Waals surface area contributed by atoms with Gasteiger partial charge in [0, 0.05) is 22.7 Å². The standard InChI is InChI=1S/C23H27N5O3S.C21H27Cl2NO3S/c1-14-7-8-15(2)18(11-14)31-32(29)27-17-10-9-16(12-19(17)30-6)22-24-21-13-20(23(3,4)5)25-28(21)26-22;1-11(2)14-7-16(12(3)4)21(17(8-14)13(5)6)27-28(26)24-15-9-18(22)20(25)19(23)10-15/h7-13,25,27H,1-6H3;7-13,24-25H,1-6H3. The molecule has 60 heavy (non-hydrogen) atoms. The number of aryl methyl sites for hydroxylation is 2. The quantitative estimate of drug-likeness (QED) is 0.0836. The van der Waals surface area contributed by atoms with Crippen molar-refractivity contribution in [2.24, 2.45) is 0 Å². The van der Waals surface area contributed by atoms with Crippen LogP contribution in [0.3, 0.4) is 0 Å². The molecule has 0 aliphatic heterocycles. The Hall–Kier alpha value is -4.76. The Kier molecular flexibility index (Phi) is 14.9. The Morgan fingerprint density at radius 3 is 1.95 bits per heavy atom. The smallest absolute Gasteiger partial charge is 0.316 e. The van der Waals surface area contributed by atoms with Gasteiger partial charge in [0.05, 0.1) is 28.5 Å². The van der Waals surface area contributed by atoms with E-state index in [4.69, 9.17) is 36.3 Å². The molecule has 0 aliphatic rings. The maximum atomic E-state index is 12.7. The van der Waals surface area contributed by atoms with Crippen molar-refractivity contribution in [3.63, 3.8) is 0 Å². The average molecular weight is 898 g/mol. The van der Waals surface area contributed by atoms with Crippen LogP contribution in [0, 0.1) is 13.8 Å². The lowest BCUT2D eigenvalue weighted by Gasteiger charge is -2.22. The number of halogens is 2. The van der Waals surface area contributed by atoms with Gasteiger partial charge in [-0.2, -0.15) is 13.0 Å². The van der Waals surface area contributed by atoms with Gasteiger partial charge in [-0.3, -0.25) is 14.5 Å². The van der Waals surface area contributed by atoms with Gasteiger partial charge in [-0.15, -0.1) is 5.10 Å². The monoisotopic (exact) mass is 896 g/mol. The molecule has 0 spiro atoms. The van der Waals surface area contributed by atoms with Crippen molar-refractivity contribution in [1.29, 1.82) is 0 Å². The number of methoxy groups -OCH3 is 1. The van der Waals surface area contributed by atoms with E-state index in [1.165, 1.54) is 17.7 Å². The first kappa shape index (κ1) is 46.3. The summed E-state index contributed by atoms with van der Waals surface area (Å²) in [5.74, 6) is 2.86. The van der Waals surface area contributed by atoms with Gasteiger partial charge in [-0.05, 0) is 95.8 Å². The number of hydrogen-bond donors (Lipinski definition) is 4. The fraction of sp³-hybridized carbons (Fsp3) is 0.364. The lowest BCUT2D eigenvalue weighted by Crippen LogP contribution is -2.14. The highest BCUT2D eigenvalue weighted by Gasteiger charge is 2.22. The first-order chi connectivity index (χ1) is 28.1. The Balaban J connectivity index is 0.000000230. The molecule has 2 atom stereocenters. The number of aromatic nitrogens is 4. The second-order valence-electron chi connectivity index (χ2n) is 16.4. The molecule has 4 aromatic carbocycles. The second-order valence-corrected chi connectivity index (χ2v) is 18.9. The molecule has 0 amide bonds. The van der Waals surface area contributed by atoms with Gasteiger partial charge < -0.3 is 18.2 Å². The number of anilines is 2. The highest BCUT2D eigenvalue weighted by molar-refractivity contribution is 7.82. The number of nitrogens with zero attached hydrogens (tertiary/aromatic N) is 3. The van der Waals surface area contributed by atoms with Gasteiger partial charge in [-0.1, -0.05) is 110 Å². The Morgan fingerprint density at radius 1 is 0.783 bits per heavy atom. The summed E-state index contributed by atoms with van der Waals surface area (Å²) in [6, 6.07) is 20.3. The van der Waals surface area contributed by atoms with Gasteiger partial charge in [-0.25, -0.2) is 4.98 Å². The van der Waals surface area contributed by atoms with Gasteiger partial charge in [0.25, 0.3) is 0 Å². The number of fused-ring (bicyclic) bond motifs is 1. The zero-order valence-electron chi connectivity index (χ0n) is 36.0. The molecule has 6 aromatic rings. The van der Waals surface area contributed by atoms with Crippen molar-refractivity contribution in [2.75, 3.05) is 16.6 Å². The Bertz CT molecular complexity index is 2450. The molecule has 0 saturated carbocycles. The highest BCUT2D eigenvalue weighted by Crippen LogP contribution is 2.39. The molecule has 0 fully saturated rings. The fourth-order valence-corrected chi connectivity index (χ4v) is 7.90. The number of phenols is 1. The van der Waals surface area contributed by atoms with Crippen LogP contribution in [0.15, 0.2) is 66.7 Å². The third kappa shape index (κ3) is 11.3. The number of benzene rings is 4. The predicted molar refractivity (Wildman–Crippen MR) is 246 cm³/mol. The van der Waals surface area contributed by atoms with Crippen LogP contribution in [0.25, 0.3) is 17.0 Å². The first-order valence-corrected chi connectivity index (χ1v) is 22.4. The number of aromatic hydroxyl groups is 1. The molecule has 0 saturated heterocycles. The molecule has 12 nitrogen and oxygen atoms in total. The van der Waals surface area contributed by atoms with Crippen LogP contribution in [0.4, 0.5) is 11.4 Å². The molecule has 2 aromatic heterocycles. The lowest BCUT2D eigenvalue weighted by molar-refractivity contribution is 0.417. The van der Waals surface area contributed by atoms with E-state index in [-0.39, 0.29) is 33.0 Å². The lowest BCUT2D eigenvalue weighted by atomic mass is 9.88. The third-order valence-electron chi connectivity index (χ3n) is 9.56. The van der Waals surface area contributed by atoms with Crippen LogP contribution in [-0.2, 0) is 27.9 Å². The van der Waals surface area contributed by atoms with Crippen LogP contribution in [0.2, 0.25) is 10.0 Å². The summed E-state index contributed by atoms with van der Waals surface area (Å²) in [4.78, 5) is 4.62. The van der Waals surface area contributed by atoms with Gasteiger partial charge in [0.15, 0.2) is 17.2 Å². The van der Waals surface area contributed by atoms with Crippen molar-refractivity contribution in [3.05, 3.63) is 110 Å². The molecule has 2 unspecified atom stereocenters. The molecule has 0 bridgehead atoms. The summed E-state index contributed by atoms with van der Waals surface area (Å²) in [6.45, 7) is 22.9. The molecule has 16 heteroatoms. The normalized spacial score (nSPS) is 12.7. The minimum Gasteiger partial charge on any atom is -0.505 e. The van der Waals surface area contributed by atoms with Crippen molar-refractivity contribution >= 4 is 62.8 Å². The minimum atomic E-state index is -1.87. The van der Waals surface area contributed by atoms with Gasteiger partial charge in [0.1, 0.15) is 17.2 Å². The summed E-state index contributed by atoms with van der Waals surface area (Å²) in [5, 5.41) is 17.6. The topological polar surface area (TPSA) is 152 Å². The van der Waals surface area contributed by atoms with E-state index in [1.807, 2.05) is 44.2 Å². The van der Waals surface area contributed by atoms with E-state index in [0.717, 1.165) is 39.2 Å². The number of phenolic OH excluding ortho intramolecular Hbond substituents is 1. The molecular weight excluding hydrogens is 844 g/mol.